The Kier molecular flexibility index (Phi) is 3.53. The normalized spacial score (nSPS) is 16.8. The van der Waals surface area contributed by atoms with Crippen molar-refractivity contribution in [3.05, 3.63) is 29.6 Å². The number of hydrogen-bond donors (Lipinski definition) is 1. The van der Waals surface area contributed by atoms with Crippen LogP contribution in [-0.4, -0.2) is 11.5 Å². The first-order valence-corrected chi connectivity index (χ1v) is 5.85. The fraction of sp³-hybridized carbons (Fsp3) is 0.538. The molecule has 1 atom stereocenters. The minimum atomic E-state index is 0.495. The molecule has 0 amide bonds. The van der Waals surface area contributed by atoms with Crippen molar-refractivity contribution in [3.8, 4) is 6.07 Å². The number of rotatable bonds is 5. The first-order chi connectivity index (χ1) is 7.79. The molecule has 1 aromatic heterocycles. The van der Waals surface area contributed by atoms with E-state index in [1.807, 2.05) is 12.1 Å². The van der Waals surface area contributed by atoms with E-state index < -0.39 is 0 Å². The molecule has 1 fully saturated rings. The SMILES string of the molecule is CC(CNCc1ccnc(C#N)c1)C1CC1. The van der Waals surface area contributed by atoms with Gasteiger partial charge in [0.05, 0.1) is 0 Å². The van der Waals surface area contributed by atoms with Gasteiger partial charge < -0.3 is 5.32 Å². The van der Waals surface area contributed by atoms with E-state index in [2.05, 4.69) is 23.3 Å². The van der Waals surface area contributed by atoms with Crippen molar-refractivity contribution in [3.63, 3.8) is 0 Å². The van der Waals surface area contributed by atoms with Crippen molar-refractivity contribution in [2.45, 2.75) is 26.3 Å². The Hall–Kier alpha value is -1.40. The van der Waals surface area contributed by atoms with Crippen LogP contribution in [0.4, 0.5) is 0 Å². The number of hydrogen-bond acceptors (Lipinski definition) is 3. The molecule has 0 saturated heterocycles. The molecule has 0 radical (unpaired) electrons. The van der Waals surface area contributed by atoms with Crippen LogP contribution in [0.3, 0.4) is 0 Å². The first-order valence-electron chi connectivity index (χ1n) is 5.85. The topological polar surface area (TPSA) is 48.7 Å². The van der Waals surface area contributed by atoms with E-state index in [0.29, 0.717) is 5.69 Å². The molecule has 1 aliphatic carbocycles. The molecule has 1 aliphatic rings. The monoisotopic (exact) mass is 215 g/mol. The highest BCUT2D eigenvalue weighted by Gasteiger charge is 2.27. The van der Waals surface area contributed by atoms with Gasteiger partial charge in [-0.25, -0.2) is 4.98 Å². The Bertz CT molecular complexity index is 390. The van der Waals surface area contributed by atoms with Gasteiger partial charge in [-0.05, 0) is 48.9 Å². The molecule has 2 rings (SSSR count). The largest absolute Gasteiger partial charge is 0.312 e. The van der Waals surface area contributed by atoms with Crippen molar-refractivity contribution in [1.82, 2.24) is 10.3 Å². The molecule has 3 nitrogen and oxygen atoms in total. The van der Waals surface area contributed by atoms with Gasteiger partial charge in [0, 0.05) is 12.7 Å². The second-order valence-electron chi connectivity index (χ2n) is 4.61. The van der Waals surface area contributed by atoms with Gasteiger partial charge in [0.1, 0.15) is 11.8 Å². The van der Waals surface area contributed by atoms with E-state index in [1.165, 1.54) is 12.8 Å². The maximum atomic E-state index is 8.72. The van der Waals surface area contributed by atoms with Gasteiger partial charge in [-0.3, -0.25) is 0 Å². The zero-order valence-electron chi connectivity index (χ0n) is 9.61. The van der Waals surface area contributed by atoms with Crippen LogP contribution in [0.1, 0.15) is 31.0 Å². The fourth-order valence-electron chi connectivity index (χ4n) is 1.92. The first kappa shape index (κ1) is 11.1. The quantitative estimate of drug-likeness (QED) is 0.818. The lowest BCUT2D eigenvalue weighted by atomic mass is 10.1. The molecule has 1 aromatic rings. The molecule has 0 bridgehead atoms. The molecule has 1 unspecified atom stereocenters. The van der Waals surface area contributed by atoms with E-state index >= 15 is 0 Å². The lowest BCUT2D eigenvalue weighted by Gasteiger charge is -2.11. The number of nitriles is 1. The van der Waals surface area contributed by atoms with Crippen LogP contribution in [-0.2, 0) is 6.54 Å². The minimum Gasteiger partial charge on any atom is -0.312 e. The van der Waals surface area contributed by atoms with Gasteiger partial charge in [-0.1, -0.05) is 6.92 Å². The van der Waals surface area contributed by atoms with Gasteiger partial charge in [0.2, 0.25) is 0 Å². The molecule has 84 valence electrons. The molecule has 0 aliphatic heterocycles. The summed E-state index contributed by atoms with van der Waals surface area (Å²) in [5.74, 6) is 1.72. The standard InChI is InChI=1S/C13H17N3/c1-10(12-2-3-12)8-15-9-11-4-5-16-13(6-11)7-14/h4-6,10,12,15H,2-3,8-9H2,1H3. The van der Waals surface area contributed by atoms with Crippen LogP contribution < -0.4 is 5.32 Å². The third-order valence-electron chi connectivity index (χ3n) is 3.16. The second-order valence-corrected chi connectivity index (χ2v) is 4.61. The van der Waals surface area contributed by atoms with Gasteiger partial charge in [0.25, 0.3) is 0 Å². The highest BCUT2D eigenvalue weighted by atomic mass is 14.9. The molecular weight excluding hydrogens is 198 g/mol. The smallest absolute Gasteiger partial charge is 0.140 e. The van der Waals surface area contributed by atoms with Crippen LogP contribution in [0, 0.1) is 23.2 Å². The average molecular weight is 215 g/mol. The molecule has 3 heteroatoms. The maximum absolute atomic E-state index is 8.72. The summed E-state index contributed by atoms with van der Waals surface area (Å²) >= 11 is 0. The molecule has 1 N–H and O–H groups in total. The number of pyridine rings is 1. The summed E-state index contributed by atoms with van der Waals surface area (Å²) < 4.78 is 0. The summed E-state index contributed by atoms with van der Waals surface area (Å²) in [7, 11) is 0. The Balaban J connectivity index is 1.78. The molecule has 16 heavy (non-hydrogen) atoms. The minimum absolute atomic E-state index is 0.495. The summed E-state index contributed by atoms with van der Waals surface area (Å²) in [5, 5.41) is 12.2. The van der Waals surface area contributed by atoms with Crippen LogP contribution >= 0.6 is 0 Å². The van der Waals surface area contributed by atoms with Crippen LogP contribution in [0.15, 0.2) is 18.3 Å². The molecular formula is C13H17N3. The lowest BCUT2D eigenvalue weighted by Crippen LogP contribution is -2.21. The predicted molar refractivity (Wildman–Crippen MR) is 62.5 cm³/mol. The zero-order chi connectivity index (χ0) is 11.4. The van der Waals surface area contributed by atoms with Crippen LogP contribution in [0.25, 0.3) is 0 Å². The van der Waals surface area contributed by atoms with Crippen molar-refractivity contribution in [1.29, 1.82) is 5.26 Å². The predicted octanol–water partition coefficient (Wildman–Crippen LogP) is 2.09. The van der Waals surface area contributed by atoms with Gasteiger partial charge in [-0.15, -0.1) is 0 Å². The molecule has 0 spiro atoms. The number of nitrogens with one attached hydrogen (secondary N) is 1. The third-order valence-corrected chi connectivity index (χ3v) is 3.16. The summed E-state index contributed by atoms with van der Waals surface area (Å²) in [6.07, 6.45) is 4.49. The van der Waals surface area contributed by atoms with Gasteiger partial charge >= 0.3 is 0 Å². The Morgan fingerprint density at radius 2 is 2.44 bits per heavy atom. The van der Waals surface area contributed by atoms with E-state index in [0.717, 1.165) is 30.5 Å². The Labute approximate surface area is 96.5 Å². The van der Waals surface area contributed by atoms with E-state index in [9.17, 15) is 0 Å². The van der Waals surface area contributed by atoms with Crippen LogP contribution in [0.5, 0.6) is 0 Å². The third kappa shape index (κ3) is 3.04. The van der Waals surface area contributed by atoms with Gasteiger partial charge in [0.15, 0.2) is 0 Å². The molecule has 0 aromatic carbocycles. The number of nitrogens with zero attached hydrogens (tertiary/aromatic N) is 2. The van der Waals surface area contributed by atoms with Gasteiger partial charge in [-0.2, -0.15) is 5.26 Å². The Morgan fingerprint density at radius 3 is 3.12 bits per heavy atom. The van der Waals surface area contributed by atoms with E-state index in [1.54, 1.807) is 6.20 Å². The lowest BCUT2D eigenvalue weighted by molar-refractivity contribution is 0.461. The van der Waals surface area contributed by atoms with E-state index in [-0.39, 0.29) is 0 Å². The van der Waals surface area contributed by atoms with Crippen molar-refractivity contribution < 1.29 is 0 Å². The molecule has 1 heterocycles. The fourth-order valence-corrected chi connectivity index (χ4v) is 1.92. The number of aromatic nitrogens is 1. The van der Waals surface area contributed by atoms with Crippen molar-refractivity contribution >= 4 is 0 Å². The summed E-state index contributed by atoms with van der Waals surface area (Å²) in [5.41, 5.74) is 1.63. The highest BCUT2D eigenvalue weighted by Crippen LogP contribution is 2.36. The summed E-state index contributed by atoms with van der Waals surface area (Å²) in [6, 6.07) is 5.85. The summed E-state index contributed by atoms with van der Waals surface area (Å²) in [6.45, 7) is 4.20. The zero-order valence-corrected chi connectivity index (χ0v) is 9.61. The van der Waals surface area contributed by atoms with E-state index in [4.69, 9.17) is 5.26 Å². The maximum Gasteiger partial charge on any atom is 0.140 e. The van der Waals surface area contributed by atoms with Crippen molar-refractivity contribution in [2.24, 2.45) is 11.8 Å². The van der Waals surface area contributed by atoms with Crippen molar-refractivity contribution in [2.75, 3.05) is 6.54 Å². The summed E-state index contributed by atoms with van der Waals surface area (Å²) in [4.78, 5) is 3.95. The second kappa shape index (κ2) is 5.09. The highest BCUT2D eigenvalue weighted by molar-refractivity contribution is 5.25. The Morgan fingerprint density at radius 1 is 1.62 bits per heavy atom. The molecule has 1 saturated carbocycles. The average Bonchev–Trinajstić information content (AvgIpc) is 3.13. The van der Waals surface area contributed by atoms with Crippen LogP contribution in [0.2, 0.25) is 0 Å².